The van der Waals surface area contributed by atoms with E-state index in [2.05, 4.69) is 20.9 Å². The minimum Gasteiger partial charge on any atom is -0.397 e. The Bertz CT molecular complexity index is 850. The summed E-state index contributed by atoms with van der Waals surface area (Å²) in [7, 11) is 0. The van der Waals surface area contributed by atoms with E-state index in [-0.39, 0.29) is 21.5 Å². The van der Waals surface area contributed by atoms with E-state index < -0.39 is 0 Å². The van der Waals surface area contributed by atoms with Gasteiger partial charge in [0.15, 0.2) is 5.78 Å². The molecule has 0 amide bonds. The predicted molar refractivity (Wildman–Crippen MR) is 90.3 cm³/mol. The van der Waals surface area contributed by atoms with Gasteiger partial charge in [0.25, 0.3) is 0 Å². The van der Waals surface area contributed by atoms with Crippen molar-refractivity contribution in [3.8, 4) is 0 Å². The van der Waals surface area contributed by atoms with Crippen molar-refractivity contribution in [3.05, 3.63) is 62.2 Å². The van der Waals surface area contributed by atoms with Crippen LogP contribution in [0.25, 0.3) is 10.9 Å². The Labute approximate surface area is 139 Å². The van der Waals surface area contributed by atoms with Crippen LogP contribution in [0.4, 0.5) is 5.69 Å². The summed E-state index contributed by atoms with van der Waals surface area (Å²) in [4.78, 5) is 15.8. The standard InChI is InChI=1S/C15H9BrCl2N2O/c16-9-2-1-3-12-13(9)8(6-20-12)15(21)7-4-10(17)14(18)11(19)5-7/h1-6,20H,19H2. The number of carbonyl (C=O) groups excluding carboxylic acids is 1. The van der Waals surface area contributed by atoms with Crippen LogP contribution in [0.15, 0.2) is 41.0 Å². The molecule has 3 rings (SSSR count). The van der Waals surface area contributed by atoms with Gasteiger partial charge in [-0.3, -0.25) is 4.79 Å². The number of hydrogen-bond donors (Lipinski definition) is 2. The summed E-state index contributed by atoms with van der Waals surface area (Å²) in [6.07, 6.45) is 1.68. The molecule has 1 heterocycles. The van der Waals surface area contributed by atoms with Crippen LogP contribution in [0.5, 0.6) is 0 Å². The number of benzene rings is 2. The van der Waals surface area contributed by atoms with Gasteiger partial charge in [-0.1, -0.05) is 45.2 Å². The number of hydrogen-bond acceptors (Lipinski definition) is 2. The van der Waals surface area contributed by atoms with E-state index in [1.165, 1.54) is 12.1 Å². The molecule has 0 unspecified atom stereocenters. The fourth-order valence-corrected chi connectivity index (χ4v) is 3.13. The number of rotatable bonds is 2. The molecule has 0 atom stereocenters. The van der Waals surface area contributed by atoms with Crippen molar-refractivity contribution >= 4 is 61.5 Å². The van der Waals surface area contributed by atoms with Crippen molar-refractivity contribution in [2.75, 3.05) is 5.73 Å². The Morgan fingerprint density at radius 1 is 1.24 bits per heavy atom. The average molecular weight is 384 g/mol. The van der Waals surface area contributed by atoms with Crippen LogP contribution in [-0.4, -0.2) is 10.8 Å². The van der Waals surface area contributed by atoms with Gasteiger partial charge in [0.05, 0.1) is 15.7 Å². The molecule has 1 aromatic heterocycles. The number of nitrogens with one attached hydrogen (secondary N) is 1. The minimum absolute atomic E-state index is 0.168. The van der Waals surface area contributed by atoms with Crippen molar-refractivity contribution in [1.29, 1.82) is 0 Å². The van der Waals surface area contributed by atoms with E-state index >= 15 is 0 Å². The van der Waals surface area contributed by atoms with Gasteiger partial charge in [-0.2, -0.15) is 0 Å². The lowest BCUT2D eigenvalue weighted by atomic mass is 10.0. The number of aromatic amines is 1. The maximum atomic E-state index is 12.7. The second-order valence-electron chi connectivity index (χ2n) is 4.56. The fraction of sp³-hybridized carbons (Fsp3) is 0. The van der Waals surface area contributed by atoms with Gasteiger partial charge in [-0.05, 0) is 24.3 Å². The lowest BCUT2D eigenvalue weighted by molar-refractivity contribution is 0.104. The Balaban J connectivity index is 2.17. The highest BCUT2D eigenvalue weighted by Gasteiger charge is 2.18. The molecule has 21 heavy (non-hydrogen) atoms. The van der Waals surface area contributed by atoms with Crippen molar-refractivity contribution in [1.82, 2.24) is 4.98 Å². The predicted octanol–water partition coefficient (Wildman–Crippen LogP) is 5.05. The van der Waals surface area contributed by atoms with E-state index in [0.717, 1.165) is 15.4 Å². The first kappa shape index (κ1) is 14.4. The number of H-pyrrole nitrogens is 1. The monoisotopic (exact) mass is 382 g/mol. The van der Waals surface area contributed by atoms with Gasteiger partial charge in [0, 0.05) is 32.7 Å². The fourth-order valence-electron chi connectivity index (χ4n) is 2.22. The summed E-state index contributed by atoms with van der Waals surface area (Å²) in [5, 5.41) is 1.35. The molecule has 3 N–H and O–H groups in total. The van der Waals surface area contributed by atoms with Crippen LogP contribution in [0.1, 0.15) is 15.9 Å². The summed E-state index contributed by atoms with van der Waals surface area (Å²) in [6, 6.07) is 8.75. The molecular formula is C15H9BrCl2N2O. The van der Waals surface area contributed by atoms with E-state index in [9.17, 15) is 4.79 Å². The Morgan fingerprint density at radius 2 is 2.00 bits per heavy atom. The number of aromatic nitrogens is 1. The first-order valence-corrected chi connectivity index (χ1v) is 7.58. The molecule has 0 aliphatic heterocycles. The van der Waals surface area contributed by atoms with Crippen LogP contribution < -0.4 is 5.73 Å². The molecule has 0 aliphatic rings. The van der Waals surface area contributed by atoms with Crippen LogP contribution in [0.3, 0.4) is 0 Å². The molecule has 0 saturated heterocycles. The normalized spacial score (nSPS) is 11.0. The van der Waals surface area contributed by atoms with Crippen LogP contribution in [0, 0.1) is 0 Å². The first-order valence-electron chi connectivity index (χ1n) is 6.04. The Morgan fingerprint density at radius 3 is 2.71 bits per heavy atom. The van der Waals surface area contributed by atoms with Crippen LogP contribution in [-0.2, 0) is 0 Å². The number of anilines is 1. The molecule has 0 aliphatic carbocycles. The van der Waals surface area contributed by atoms with Gasteiger partial charge in [0.1, 0.15) is 0 Å². The molecule has 0 fully saturated rings. The molecular weight excluding hydrogens is 375 g/mol. The zero-order chi connectivity index (χ0) is 15.1. The topological polar surface area (TPSA) is 58.9 Å². The van der Waals surface area contributed by atoms with Gasteiger partial charge < -0.3 is 10.7 Å². The van der Waals surface area contributed by atoms with E-state index in [4.69, 9.17) is 28.9 Å². The smallest absolute Gasteiger partial charge is 0.195 e. The lowest BCUT2D eigenvalue weighted by Gasteiger charge is -2.06. The average Bonchev–Trinajstić information content (AvgIpc) is 2.89. The van der Waals surface area contributed by atoms with Crippen molar-refractivity contribution in [3.63, 3.8) is 0 Å². The minimum atomic E-state index is -0.168. The second-order valence-corrected chi connectivity index (χ2v) is 6.19. The SMILES string of the molecule is Nc1cc(C(=O)c2c[nH]c3cccc(Br)c23)cc(Cl)c1Cl. The largest absolute Gasteiger partial charge is 0.397 e. The third-order valence-electron chi connectivity index (χ3n) is 3.22. The number of nitrogens with two attached hydrogens (primary N) is 1. The van der Waals surface area contributed by atoms with Crippen LogP contribution in [0.2, 0.25) is 10.0 Å². The summed E-state index contributed by atoms with van der Waals surface area (Å²) in [5.41, 5.74) is 7.88. The van der Waals surface area contributed by atoms with Gasteiger partial charge in [0.2, 0.25) is 0 Å². The van der Waals surface area contributed by atoms with E-state index in [0.29, 0.717) is 11.1 Å². The number of fused-ring (bicyclic) bond motifs is 1. The summed E-state index contributed by atoms with van der Waals surface area (Å²) in [6.45, 7) is 0. The maximum absolute atomic E-state index is 12.7. The molecule has 0 radical (unpaired) electrons. The highest BCUT2D eigenvalue weighted by molar-refractivity contribution is 9.10. The van der Waals surface area contributed by atoms with E-state index in [1.807, 2.05) is 18.2 Å². The van der Waals surface area contributed by atoms with Crippen molar-refractivity contribution < 1.29 is 4.79 Å². The molecule has 3 aromatic rings. The highest BCUT2D eigenvalue weighted by atomic mass is 79.9. The molecule has 0 bridgehead atoms. The lowest BCUT2D eigenvalue weighted by Crippen LogP contribution is -2.02. The summed E-state index contributed by atoms with van der Waals surface area (Å²) < 4.78 is 0.845. The van der Waals surface area contributed by atoms with E-state index in [1.54, 1.807) is 6.20 Å². The van der Waals surface area contributed by atoms with Gasteiger partial charge in [-0.15, -0.1) is 0 Å². The number of halogens is 3. The molecule has 3 nitrogen and oxygen atoms in total. The van der Waals surface area contributed by atoms with Crippen molar-refractivity contribution in [2.24, 2.45) is 0 Å². The molecule has 0 spiro atoms. The first-order chi connectivity index (χ1) is 9.99. The number of ketones is 1. The zero-order valence-corrected chi connectivity index (χ0v) is 13.7. The molecule has 106 valence electrons. The highest BCUT2D eigenvalue weighted by Crippen LogP contribution is 2.32. The van der Waals surface area contributed by atoms with Gasteiger partial charge in [-0.25, -0.2) is 0 Å². The third-order valence-corrected chi connectivity index (χ3v) is 4.70. The molecule has 6 heteroatoms. The van der Waals surface area contributed by atoms with Crippen LogP contribution >= 0.6 is 39.1 Å². The zero-order valence-electron chi connectivity index (χ0n) is 10.6. The Kier molecular flexibility index (Phi) is 3.69. The second kappa shape index (κ2) is 5.37. The third kappa shape index (κ3) is 2.44. The summed E-state index contributed by atoms with van der Waals surface area (Å²) >= 11 is 15.4. The number of nitrogen functional groups attached to an aromatic ring is 1. The molecule has 0 saturated carbocycles. The maximum Gasteiger partial charge on any atom is 0.195 e. The quantitative estimate of drug-likeness (QED) is 0.480. The number of carbonyl (C=O) groups is 1. The Hall–Kier alpha value is -1.49. The van der Waals surface area contributed by atoms with Gasteiger partial charge >= 0.3 is 0 Å². The summed E-state index contributed by atoms with van der Waals surface area (Å²) in [5.74, 6) is -0.168. The van der Waals surface area contributed by atoms with Crippen molar-refractivity contribution in [2.45, 2.75) is 0 Å². The molecule has 2 aromatic carbocycles.